The lowest BCUT2D eigenvalue weighted by molar-refractivity contribution is 0.303. The third-order valence-electron chi connectivity index (χ3n) is 3.21. The van der Waals surface area contributed by atoms with E-state index in [1.165, 1.54) is 10.8 Å². The van der Waals surface area contributed by atoms with Crippen molar-refractivity contribution in [3.8, 4) is 5.75 Å². The number of unbranched alkanes of at least 4 members (excludes halogenated alkanes) is 1. The van der Waals surface area contributed by atoms with Crippen molar-refractivity contribution in [1.82, 2.24) is 5.32 Å². The average Bonchev–Trinajstić information content (AvgIpc) is 2.45. The molecule has 0 aliphatic heterocycles. The maximum atomic E-state index is 5.88. The van der Waals surface area contributed by atoms with Gasteiger partial charge in [-0.25, -0.2) is 0 Å². The highest BCUT2D eigenvalue weighted by Crippen LogP contribution is 2.33. The molecular weight excluding hydrogens is 314 g/mol. The first-order chi connectivity index (χ1) is 9.68. The number of rotatable bonds is 7. The van der Waals surface area contributed by atoms with Crippen molar-refractivity contribution in [3.05, 3.63) is 40.9 Å². The Morgan fingerprint density at radius 1 is 1.10 bits per heavy atom. The van der Waals surface area contributed by atoms with Crippen LogP contribution in [-0.2, 0) is 0 Å². The second-order valence-corrected chi connectivity index (χ2v) is 6.06. The van der Waals surface area contributed by atoms with Crippen LogP contribution in [0.15, 0.2) is 40.9 Å². The molecule has 108 valence electrons. The van der Waals surface area contributed by atoms with Crippen LogP contribution in [0.25, 0.3) is 10.8 Å². The van der Waals surface area contributed by atoms with Gasteiger partial charge in [0.25, 0.3) is 0 Å². The van der Waals surface area contributed by atoms with Crippen LogP contribution >= 0.6 is 15.9 Å². The van der Waals surface area contributed by atoms with Crippen molar-refractivity contribution < 1.29 is 4.74 Å². The summed E-state index contributed by atoms with van der Waals surface area (Å²) in [6.45, 7) is 6.15. The largest absolute Gasteiger partial charge is 0.492 e. The molecule has 0 saturated carbocycles. The number of fused-ring (bicyclic) bond motifs is 1. The Hall–Kier alpha value is -1.06. The summed E-state index contributed by atoms with van der Waals surface area (Å²) in [5.41, 5.74) is 0. The Labute approximate surface area is 129 Å². The van der Waals surface area contributed by atoms with E-state index in [1.807, 2.05) is 6.07 Å². The van der Waals surface area contributed by atoms with Crippen molar-refractivity contribution in [2.75, 3.05) is 13.2 Å². The lowest BCUT2D eigenvalue weighted by Crippen LogP contribution is -2.23. The molecule has 0 fully saturated rings. The van der Waals surface area contributed by atoms with Crippen molar-refractivity contribution in [2.24, 2.45) is 0 Å². The van der Waals surface area contributed by atoms with Gasteiger partial charge in [-0.05, 0) is 52.2 Å². The van der Waals surface area contributed by atoms with Crippen molar-refractivity contribution >= 4 is 26.7 Å². The van der Waals surface area contributed by atoms with Crippen molar-refractivity contribution in [1.29, 1.82) is 0 Å². The summed E-state index contributed by atoms with van der Waals surface area (Å²) < 4.78 is 6.93. The van der Waals surface area contributed by atoms with E-state index >= 15 is 0 Å². The molecule has 0 heterocycles. The van der Waals surface area contributed by atoms with Crippen LogP contribution in [0, 0.1) is 0 Å². The van der Waals surface area contributed by atoms with Gasteiger partial charge >= 0.3 is 0 Å². The van der Waals surface area contributed by atoms with Crippen LogP contribution in [0.3, 0.4) is 0 Å². The lowest BCUT2D eigenvalue weighted by atomic mass is 10.1. The van der Waals surface area contributed by atoms with Crippen LogP contribution in [0.1, 0.15) is 26.7 Å². The molecule has 0 bridgehead atoms. The highest BCUT2D eigenvalue weighted by molar-refractivity contribution is 9.10. The zero-order chi connectivity index (χ0) is 14.4. The van der Waals surface area contributed by atoms with Gasteiger partial charge in [-0.3, -0.25) is 0 Å². The fourth-order valence-electron chi connectivity index (χ4n) is 2.12. The Kier molecular flexibility index (Phi) is 5.86. The fourth-order valence-corrected chi connectivity index (χ4v) is 2.73. The van der Waals surface area contributed by atoms with E-state index in [4.69, 9.17) is 4.74 Å². The fraction of sp³-hybridized carbons (Fsp3) is 0.412. The highest BCUT2D eigenvalue weighted by atomic mass is 79.9. The van der Waals surface area contributed by atoms with E-state index in [1.54, 1.807) is 0 Å². The molecule has 0 aliphatic carbocycles. The normalized spacial score (nSPS) is 11.2. The summed E-state index contributed by atoms with van der Waals surface area (Å²) in [7, 11) is 0. The van der Waals surface area contributed by atoms with E-state index in [0.717, 1.165) is 36.2 Å². The Morgan fingerprint density at radius 3 is 2.70 bits per heavy atom. The topological polar surface area (TPSA) is 21.3 Å². The van der Waals surface area contributed by atoms with Gasteiger partial charge in [0.2, 0.25) is 0 Å². The van der Waals surface area contributed by atoms with E-state index in [-0.39, 0.29) is 0 Å². The van der Waals surface area contributed by atoms with Gasteiger partial charge in [0.05, 0.1) is 11.1 Å². The van der Waals surface area contributed by atoms with Gasteiger partial charge < -0.3 is 10.1 Å². The van der Waals surface area contributed by atoms with E-state index in [9.17, 15) is 0 Å². The SMILES string of the molecule is CC(C)NCCCCOc1ccc2ccccc2c1Br. The molecule has 0 atom stereocenters. The molecule has 2 nitrogen and oxygen atoms in total. The van der Waals surface area contributed by atoms with Crippen LogP contribution in [-0.4, -0.2) is 19.2 Å². The highest BCUT2D eigenvalue weighted by Gasteiger charge is 2.05. The zero-order valence-electron chi connectivity index (χ0n) is 12.2. The van der Waals surface area contributed by atoms with Crippen LogP contribution in [0.4, 0.5) is 0 Å². The van der Waals surface area contributed by atoms with E-state index in [2.05, 4.69) is 65.4 Å². The first kappa shape index (κ1) is 15.3. The molecule has 0 radical (unpaired) electrons. The third kappa shape index (κ3) is 4.22. The molecule has 0 amide bonds. The molecule has 0 saturated heterocycles. The van der Waals surface area contributed by atoms with Crippen molar-refractivity contribution in [2.45, 2.75) is 32.7 Å². The average molecular weight is 336 g/mol. The van der Waals surface area contributed by atoms with Crippen LogP contribution < -0.4 is 10.1 Å². The van der Waals surface area contributed by atoms with Crippen molar-refractivity contribution in [3.63, 3.8) is 0 Å². The van der Waals surface area contributed by atoms with Crippen LogP contribution in [0.2, 0.25) is 0 Å². The molecule has 1 N–H and O–H groups in total. The van der Waals surface area contributed by atoms with Gasteiger partial charge in [0, 0.05) is 6.04 Å². The maximum Gasteiger partial charge on any atom is 0.134 e. The zero-order valence-corrected chi connectivity index (χ0v) is 13.7. The molecule has 0 aliphatic rings. The standard InChI is InChI=1S/C17H22BrNO/c1-13(2)19-11-5-6-12-20-16-10-9-14-7-3-4-8-15(14)17(16)18/h3-4,7-10,13,19H,5-6,11-12H2,1-2H3. The minimum Gasteiger partial charge on any atom is -0.492 e. The molecule has 2 rings (SSSR count). The second-order valence-electron chi connectivity index (χ2n) is 5.26. The molecule has 2 aromatic rings. The quantitative estimate of drug-likeness (QED) is 0.736. The smallest absolute Gasteiger partial charge is 0.134 e. The minimum absolute atomic E-state index is 0.561. The summed E-state index contributed by atoms with van der Waals surface area (Å²) in [5.74, 6) is 0.931. The number of ether oxygens (including phenoxy) is 1. The Bertz CT molecular complexity index is 554. The summed E-state index contributed by atoms with van der Waals surface area (Å²) in [6.07, 6.45) is 2.21. The summed E-state index contributed by atoms with van der Waals surface area (Å²) in [5, 5.41) is 5.84. The minimum atomic E-state index is 0.561. The predicted octanol–water partition coefficient (Wildman–Crippen LogP) is 4.76. The molecule has 0 spiro atoms. The molecule has 3 heteroatoms. The van der Waals surface area contributed by atoms with Gasteiger partial charge in [-0.15, -0.1) is 0 Å². The number of benzene rings is 2. The number of hydrogen-bond donors (Lipinski definition) is 1. The number of nitrogens with one attached hydrogen (secondary N) is 1. The summed E-state index contributed by atoms with van der Waals surface area (Å²) in [4.78, 5) is 0. The second kappa shape index (κ2) is 7.65. The molecule has 0 unspecified atom stereocenters. The van der Waals surface area contributed by atoms with Gasteiger partial charge in [0.1, 0.15) is 5.75 Å². The maximum absolute atomic E-state index is 5.88. The molecule has 0 aromatic heterocycles. The van der Waals surface area contributed by atoms with Gasteiger partial charge in [-0.2, -0.15) is 0 Å². The van der Waals surface area contributed by atoms with Crippen LogP contribution in [0.5, 0.6) is 5.75 Å². The molecular formula is C17H22BrNO. The van der Waals surface area contributed by atoms with E-state index < -0.39 is 0 Å². The van der Waals surface area contributed by atoms with E-state index in [0.29, 0.717) is 6.04 Å². The van der Waals surface area contributed by atoms with Gasteiger partial charge in [-0.1, -0.05) is 44.2 Å². The number of hydrogen-bond acceptors (Lipinski definition) is 2. The summed E-state index contributed by atoms with van der Waals surface area (Å²) in [6, 6.07) is 13.0. The lowest BCUT2D eigenvalue weighted by Gasteiger charge is -2.11. The first-order valence-corrected chi connectivity index (χ1v) is 8.01. The molecule has 2 aromatic carbocycles. The Morgan fingerprint density at radius 2 is 1.90 bits per heavy atom. The monoisotopic (exact) mass is 335 g/mol. The van der Waals surface area contributed by atoms with Gasteiger partial charge in [0.15, 0.2) is 0 Å². The Balaban J connectivity index is 1.86. The first-order valence-electron chi connectivity index (χ1n) is 7.22. The number of halogens is 1. The predicted molar refractivity (Wildman–Crippen MR) is 89.5 cm³/mol. The third-order valence-corrected chi connectivity index (χ3v) is 4.03. The summed E-state index contributed by atoms with van der Waals surface area (Å²) >= 11 is 3.65. The molecule has 20 heavy (non-hydrogen) atoms.